The summed E-state index contributed by atoms with van der Waals surface area (Å²) in [4.78, 5) is 28.1. The lowest BCUT2D eigenvalue weighted by Crippen LogP contribution is -2.09. The molecule has 17 heavy (non-hydrogen) atoms. The van der Waals surface area contributed by atoms with Crippen molar-refractivity contribution in [1.82, 2.24) is 0 Å². The average molecular weight is 249 g/mol. The number of carbonyl (C=O) groups is 2. The minimum atomic E-state index is -0.522. The molecule has 1 aliphatic carbocycles. The molecule has 4 nitrogen and oxygen atoms in total. The number of ketones is 1. The summed E-state index contributed by atoms with van der Waals surface area (Å²) in [6, 6.07) is 5.66. The van der Waals surface area contributed by atoms with Crippen LogP contribution in [0, 0.1) is 0 Å². The highest BCUT2D eigenvalue weighted by Gasteiger charge is 2.27. The van der Waals surface area contributed by atoms with Crippen LogP contribution >= 0.6 is 11.8 Å². The van der Waals surface area contributed by atoms with Crippen molar-refractivity contribution in [1.29, 1.82) is 0 Å². The first-order chi connectivity index (χ1) is 8.11. The fourth-order valence-electron chi connectivity index (χ4n) is 1.67. The highest BCUT2D eigenvalue weighted by Crippen LogP contribution is 2.25. The second kappa shape index (κ2) is 4.71. The van der Waals surface area contributed by atoms with Crippen LogP contribution in [0.4, 0.5) is 0 Å². The highest BCUT2D eigenvalue weighted by molar-refractivity contribution is 7.98. The van der Waals surface area contributed by atoms with Gasteiger partial charge in [-0.2, -0.15) is 0 Å². The maximum absolute atomic E-state index is 11.9. The largest absolute Gasteiger partial charge is 0.331 e. The Balaban J connectivity index is 2.29. The van der Waals surface area contributed by atoms with Gasteiger partial charge in [0, 0.05) is 23.8 Å². The summed E-state index contributed by atoms with van der Waals surface area (Å²) in [5.41, 5.74) is 1.87. The lowest BCUT2D eigenvalue weighted by atomic mass is 10.1. The van der Waals surface area contributed by atoms with E-state index in [-0.39, 0.29) is 11.5 Å². The Morgan fingerprint density at radius 1 is 1.47 bits per heavy atom. The zero-order valence-electron chi connectivity index (χ0n) is 9.52. The molecule has 2 rings (SSSR count). The molecule has 88 valence electrons. The molecule has 0 N–H and O–H groups in total. The van der Waals surface area contributed by atoms with E-state index >= 15 is 0 Å². The monoisotopic (exact) mass is 249 g/mol. The van der Waals surface area contributed by atoms with Crippen molar-refractivity contribution in [3.05, 3.63) is 29.3 Å². The van der Waals surface area contributed by atoms with Gasteiger partial charge in [0.15, 0.2) is 0 Å². The highest BCUT2D eigenvalue weighted by atomic mass is 32.2. The van der Waals surface area contributed by atoms with Crippen molar-refractivity contribution in [3.63, 3.8) is 0 Å². The Labute approximate surface area is 103 Å². The van der Waals surface area contributed by atoms with Gasteiger partial charge >= 0.3 is 5.97 Å². The molecule has 0 saturated heterocycles. The van der Waals surface area contributed by atoms with E-state index in [0.29, 0.717) is 12.0 Å². The number of thioether (sulfide) groups is 1. The van der Waals surface area contributed by atoms with Crippen LogP contribution in [0.15, 0.2) is 28.3 Å². The van der Waals surface area contributed by atoms with Crippen LogP contribution in [0.3, 0.4) is 0 Å². The van der Waals surface area contributed by atoms with E-state index < -0.39 is 5.97 Å². The van der Waals surface area contributed by atoms with Crippen molar-refractivity contribution < 1.29 is 14.4 Å². The summed E-state index contributed by atoms with van der Waals surface area (Å²) < 4.78 is 0. The number of oxime groups is 1. The maximum Gasteiger partial charge on any atom is 0.331 e. The molecule has 0 unspecified atom stereocenters. The number of nitrogens with zero attached hydrogens (tertiary/aromatic N) is 1. The molecule has 0 radical (unpaired) electrons. The molecule has 0 atom stereocenters. The third-order valence-corrected chi connectivity index (χ3v) is 3.19. The third kappa shape index (κ3) is 2.39. The van der Waals surface area contributed by atoms with Crippen LogP contribution in [-0.4, -0.2) is 23.7 Å². The minimum absolute atomic E-state index is 0.158. The van der Waals surface area contributed by atoms with Crippen LogP contribution in [0.25, 0.3) is 0 Å². The van der Waals surface area contributed by atoms with Gasteiger partial charge < -0.3 is 4.84 Å². The molecule has 0 spiro atoms. The van der Waals surface area contributed by atoms with Crippen LogP contribution in [-0.2, 0) is 16.1 Å². The van der Waals surface area contributed by atoms with E-state index in [9.17, 15) is 9.59 Å². The van der Waals surface area contributed by atoms with Gasteiger partial charge in [0.05, 0.1) is 0 Å². The van der Waals surface area contributed by atoms with Gasteiger partial charge in [0.1, 0.15) is 5.71 Å². The Hall–Kier alpha value is -1.62. The van der Waals surface area contributed by atoms with Crippen molar-refractivity contribution >= 4 is 29.2 Å². The molecule has 0 aliphatic heterocycles. The Kier molecular flexibility index (Phi) is 3.28. The van der Waals surface area contributed by atoms with Gasteiger partial charge in [-0.3, -0.25) is 4.79 Å². The molecular weight excluding hydrogens is 238 g/mol. The predicted octanol–water partition coefficient (Wildman–Crippen LogP) is 2.07. The SMILES string of the molecule is CSc1ccc2c(c1)CC(=NOC(C)=O)C2=O. The van der Waals surface area contributed by atoms with E-state index in [0.717, 1.165) is 10.5 Å². The zero-order valence-corrected chi connectivity index (χ0v) is 10.3. The Morgan fingerprint density at radius 3 is 2.88 bits per heavy atom. The number of rotatable bonds is 2. The third-order valence-electron chi connectivity index (χ3n) is 2.46. The minimum Gasteiger partial charge on any atom is -0.318 e. The predicted molar refractivity (Wildman–Crippen MR) is 65.5 cm³/mol. The first kappa shape index (κ1) is 11.9. The van der Waals surface area contributed by atoms with Crippen LogP contribution < -0.4 is 0 Å². The molecule has 1 aromatic rings. The summed E-state index contributed by atoms with van der Waals surface area (Å²) in [5.74, 6) is -0.681. The van der Waals surface area contributed by atoms with E-state index in [1.54, 1.807) is 17.8 Å². The van der Waals surface area contributed by atoms with Crippen molar-refractivity contribution in [2.45, 2.75) is 18.2 Å². The molecule has 5 heteroatoms. The first-order valence-electron chi connectivity index (χ1n) is 5.08. The normalized spacial score (nSPS) is 16.1. The molecule has 0 heterocycles. The average Bonchev–Trinajstić information content (AvgIpc) is 2.63. The lowest BCUT2D eigenvalue weighted by Gasteiger charge is -1.99. The van der Waals surface area contributed by atoms with Crippen molar-refractivity contribution in [2.24, 2.45) is 5.16 Å². The fraction of sp³-hybridized carbons (Fsp3) is 0.250. The Morgan fingerprint density at radius 2 is 2.24 bits per heavy atom. The summed E-state index contributed by atoms with van der Waals surface area (Å²) in [6.07, 6.45) is 2.40. The molecule has 0 bridgehead atoms. The van der Waals surface area contributed by atoms with E-state index in [1.165, 1.54) is 6.92 Å². The van der Waals surface area contributed by atoms with Crippen LogP contribution in [0.5, 0.6) is 0 Å². The molecule has 1 aliphatic rings. The molecule has 1 aromatic carbocycles. The topological polar surface area (TPSA) is 55.7 Å². The van der Waals surface area contributed by atoms with Gasteiger partial charge in [-0.25, -0.2) is 4.79 Å². The summed E-state index contributed by atoms with van der Waals surface area (Å²) >= 11 is 1.62. The fourth-order valence-corrected chi connectivity index (χ4v) is 2.14. The number of fused-ring (bicyclic) bond motifs is 1. The number of carbonyl (C=O) groups excluding carboxylic acids is 2. The van der Waals surface area contributed by atoms with Gasteiger partial charge in [0.2, 0.25) is 5.78 Å². The maximum atomic E-state index is 11.9. The standard InChI is InChI=1S/C12H11NO3S/c1-7(14)16-13-11-6-8-5-9(17-2)3-4-10(8)12(11)15/h3-5H,6H2,1-2H3. The molecule has 0 amide bonds. The number of Topliss-reactive ketones (excluding diaryl/α,β-unsaturated/α-hetero) is 1. The molecular formula is C12H11NO3S. The van der Waals surface area contributed by atoms with Gasteiger partial charge in [-0.05, 0) is 30.0 Å². The quantitative estimate of drug-likeness (QED) is 0.457. The van der Waals surface area contributed by atoms with Crippen molar-refractivity contribution in [3.8, 4) is 0 Å². The molecule has 0 aromatic heterocycles. The van der Waals surface area contributed by atoms with Crippen LogP contribution in [0.2, 0.25) is 0 Å². The van der Waals surface area contributed by atoms with E-state index in [1.807, 2.05) is 18.4 Å². The number of hydrogen-bond acceptors (Lipinski definition) is 5. The van der Waals surface area contributed by atoms with Crippen LogP contribution in [0.1, 0.15) is 22.8 Å². The van der Waals surface area contributed by atoms with E-state index in [2.05, 4.69) is 9.99 Å². The van der Waals surface area contributed by atoms with Gasteiger partial charge in [-0.15, -0.1) is 11.8 Å². The summed E-state index contributed by atoms with van der Waals surface area (Å²) in [7, 11) is 0. The summed E-state index contributed by atoms with van der Waals surface area (Å²) in [6.45, 7) is 1.25. The summed E-state index contributed by atoms with van der Waals surface area (Å²) in [5, 5.41) is 3.58. The van der Waals surface area contributed by atoms with Crippen molar-refractivity contribution in [2.75, 3.05) is 6.26 Å². The number of hydrogen-bond donors (Lipinski definition) is 0. The van der Waals surface area contributed by atoms with Gasteiger partial charge in [0.25, 0.3) is 0 Å². The molecule has 0 fully saturated rings. The number of benzene rings is 1. The smallest absolute Gasteiger partial charge is 0.318 e. The first-order valence-corrected chi connectivity index (χ1v) is 6.30. The molecule has 0 saturated carbocycles. The second-order valence-electron chi connectivity index (χ2n) is 3.65. The van der Waals surface area contributed by atoms with Gasteiger partial charge in [-0.1, -0.05) is 5.16 Å². The lowest BCUT2D eigenvalue weighted by molar-refractivity contribution is -0.140. The van der Waals surface area contributed by atoms with E-state index in [4.69, 9.17) is 0 Å². The second-order valence-corrected chi connectivity index (χ2v) is 4.53. The Bertz CT molecular complexity index is 522. The zero-order chi connectivity index (χ0) is 12.4.